The van der Waals surface area contributed by atoms with Gasteiger partial charge < -0.3 is 14.7 Å². The van der Waals surface area contributed by atoms with Crippen LogP contribution in [0, 0.1) is 5.92 Å². The normalized spacial score (nSPS) is 22.8. The van der Waals surface area contributed by atoms with Crippen LogP contribution in [-0.4, -0.2) is 59.8 Å². The average molecular weight is 364 g/mol. The van der Waals surface area contributed by atoms with Crippen LogP contribution in [0.4, 0.5) is 5.69 Å². The number of aliphatic hydroxyl groups is 1. The molecule has 0 saturated carbocycles. The zero-order valence-corrected chi connectivity index (χ0v) is 16.0. The van der Waals surface area contributed by atoms with Gasteiger partial charge in [0.2, 0.25) is 5.91 Å². The van der Waals surface area contributed by atoms with E-state index < -0.39 is 30.6 Å². The number of hydrogen-bond acceptors (Lipinski definition) is 6. The van der Waals surface area contributed by atoms with E-state index in [2.05, 4.69) is 0 Å². The first kappa shape index (κ1) is 20.2. The number of amides is 1. The maximum absolute atomic E-state index is 13.4. The van der Waals surface area contributed by atoms with Gasteiger partial charge >= 0.3 is 5.97 Å². The van der Waals surface area contributed by atoms with Gasteiger partial charge in [0.25, 0.3) is 0 Å². The molecular weight excluding hydrogens is 336 g/mol. The van der Waals surface area contributed by atoms with Crippen LogP contribution in [-0.2, 0) is 19.2 Å². The highest BCUT2D eigenvalue weighted by Gasteiger charge is 2.53. The molecule has 1 amide bonds. The van der Waals surface area contributed by atoms with Crippen molar-refractivity contribution in [2.45, 2.75) is 51.9 Å². The number of anilines is 1. The molecule has 144 valence electrons. The summed E-state index contributed by atoms with van der Waals surface area (Å²) in [5.74, 6) is -1.73. The Hall–Kier alpha value is -2.12. The van der Waals surface area contributed by atoms with Crippen molar-refractivity contribution in [1.29, 1.82) is 0 Å². The van der Waals surface area contributed by atoms with Crippen molar-refractivity contribution in [2.24, 2.45) is 5.92 Å². The summed E-state index contributed by atoms with van der Waals surface area (Å²) in [6.45, 7) is 7.32. The predicted molar refractivity (Wildman–Crippen MR) is 97.3 cm³/mol. The minimum Gasteiger partial charge on any atom is -0.469 e. The summed E-state index contributed by atoms with van der Waals surface area (Å²) in [5.41, 5.74) is 0.642. The third-order valence-electron chi connectivity index (χ3n) is 4.53. The van der Waals surface area contributed by atoms with E-state index in [0.717, 1.165) is 0 Å². The molecule has 1 aliphatic rings. The predicted octanol–water partition coefficient (Wildman–Crippen LogP) is 1.60. The Kier molecular flexibility index (Phi) is 6.61. The minimum absolute atomic E-state index is 0.0494. The SMILES string of the molecule is COC(=O)[C@H]1[C@H](CO)ON(c2ccccc2)[C@@H]1C(=O)N(C(C)C)C(C)C. The molecule has 3 atom stereocenters. The van der Waals surface area contributed by atoms with Gasteiger partial charge in [0.1, 0.15) is 12.0 Å². The zero-order chi connectivity index (χ0) is 19.4. The third kappa shape index (κ3) is 3.83. The summed E-state index contributed by atoms with van der Waals surface area (Å²) >= 11 is 0. The van der Waals surface area contributed by atoms with E-state index in [9.17, 15) is 14.7 Å². The molecule has 1 aliphatic heterocycles. The molecule has 0 unspecified atom stereocenters. The van der Waals surface area contributed by atoms with Gasteiger partial charge in [0, 0.05) is 12.1 Å². The Morgan fingerprint density at radius 2 is 1.77 bits per heavy atom. The first-order valence-electron chi connectivity index (χ1n) is 8.85. The summed E-state index contributed by atoms with van der Waals surface area (Å²) in [6, 6.07) is 8.08. The summed E-state index contributed by atoms with van der Waals surface area (Å²) in [4.78, 5) is 33.4. The number of methoxy groups -OCH3 is 1. The molecule has 1 heterocycles. The lowest BCUT2D eigenvalue weighted by Crippen LogP contribution is -2.54. The van der Waals surface area contributed by atoms with Crippen LogP contribution in [0.1, 0.15) is 27.7 Å². The van der Waals surface area contributed by atoms with Crippen LogP contribution < -0.4 is 5.06 Å². The summed E-state index contributed by atoms with van der Waals surface area (Å²) in [7, 11) is 1.27. The Balaban J connectivity index is 2.50. The Bertz CT molecular complexity index is 612. The fraction of sp³-hybridized carbons (Fsp3) is 0.579. The lowest BCUT2D eigenvalue weighted by atomic mass is 9.93. The van der Waals surface area contributed by atoms with Gasteiger partial charge in [-0.2, -0.15) is 0 Å². The van der Waals surface area contributed by atoms with Gasteiger partial charge in [-0.1, -0.05) is 18.2 Å². The third-order valence-corrected chi connectivity index (χ3v) is 4.53. The largest absolute Gasteiger partial charge is 0.469 e. The quantitative estimate of drug-likeness (QED) is 0.773. The van der Waals surface area contributed by atoms with Crippen LogP contribution in [0.5, 0.6) is 0 Å². The molecule has 7 heteroatoms. The van der Waals surface area contributed by atoms with E-state index >= 15 is 0 Å². The average Bonchev–Trinajstić information content (AvgIpc) is 3.00. The maximum Gasteiger partial charge on any atom is 0.314 e. The lowest BCUT2D eigenvalue weighted by Gasteiger charge is -2.36. The van der Waals surface area contributed by atoms with E-state index in [1.54, 1.807) is 17.0 Å². The van der Waals surface area contributed by atoms with Crippen LogP contribution in [0.3, 0.4) is 0 Å². The number of carbonyl (C=O) groups excluding carboxylic acids is 2. The van der Waals surface area contributed by atoms with Crippen LogP contribution in [0.15, 0.2) is 30.3 Å². The lowest BCUT2D eigenvalue weighted by molar-refractivity contribution is -0.151. The summed E-state index contributed by atoms with van der Waals surface area (Å²) < 4.78 is 4.90. The van der Waals surface area contributed by atoms with E-state index in [0.29, 0.717) is 5.69 Å². The minimum atomic E-state index is -0.919. The van der Waals surface area contributed by atoms with Crippen LogP contribution in [0.25, 0.3) is 0 Å². The molecule has 1 aromatic rings. The molecule has 0 spiro atoms. The molecule has 0 aromatic heterocycles. The Morgan fingerprint density at radius 1 is 1.19 bits per heavy atom. The second-order valence-electron chi connectivity index (χ2n) is 6.91. The molecule has 1 saturated heterocycles. The number of hydroxylamine groups is 1. The molecule has 26 heavy (non-hydrogen) atoms. The number of para-hydroxylation sites is 1. The highest BCUT2D eigenvalue weighted by Crippen LogP contribution is 2.35. The molecule has 1 fully saturated rings. The van der Waals surface area contributed by atoms with E-state index in [1.807, 2.05) is 45.9 Å². The van der Waals surface area contributed by atoms with E-state index in [4.69, 9.17) is 9.57 Å². The Morgan fingerprint density at radius 3 is 2.23 bits per heavy atom. The number of hydrogen-bond donors (Lipinski definition) is 1. The van der Waals surface area contributed by atoms with Crippen molar-refractivity contribution in [3.63, 3.8) is 0 Å². The van der Waals surface area contributed by atoms with Crippen molar-refractivity contribution < 1.29 is 24.3 Å². The van der Waals surface area contributed by atoms with Gasteiger partial charge in [-0.05, 0) is 39.8 Å². The van der Waals surface area contributed by atoms with Gasteiger partial charge in [0.15, 0.2) is 6.04 Å². The van der Waals surface area contributed by atoms with Crippen molar-refractivity contribution in [3.05, 3.63) is 30.3 Å². The van der Waals surface area contributed by atoms with E-state index in [1.165, 1.54) is 12.2 Å². The standard InChI is InChI=1S/C19H28N2O5/c1-12(2)20(13(3)4)18(23)17-16(19(24)25-5)15(11-22)26-21(17)14-9-7-6-8-10-14/h6-10,12-13,15-17,22H,11H2,1-5H3/t15-,16-,17-/m0/s1. The molecule has 2 rings (SSSR count). The number of carbonyl (C=O) groups is 2. The highest BCUT2D eigenvalue weighted by molar-refractivity contribution is 5.92. The first-order valence-corrected chi connectivity index (χ1v) is 8.85. The van der Waals surface area contributed by atoms with Crippen molar-refractivity contribution >= 4 is 17.6 Å². The second kappa shape index (κ2) is 8.51. The number of nitrogens with zero attached hydrogens (tertiary/aromatic N) is 2. The number of rotatable bonds is 6. The number of ether oxygens (including phenoxy) is 1. The monoisotopic (exact) mass is 364 g/mol. The molecule has 1 aromatic carbocycles. The van der Waals surface area contributed by atoms with Gasteiger partial charge in [-0.3, -0.25) is 14.4 Å². The smallest absolute Gasteiger partial charge is 0.314 e. The summed E-state index contributed by atoms with van der Waals surface area (Å²) in [5, 5.41) is 11.2. The highest BCUT2D eigenvalue weighted by atomic mass is 16.7. The van der Waals surface area contributed by atoms with E-state index in [-0.39, 0.29) is 18.0 Å². The molecule has 1 N–H and O–H groups in total. The fourth-order valence-corrected chi connectivity index (χ4v) is 3.50. The molecule has 0 bridgehead atoms. The fourth-order valence-electron chi connectivity index (χ4n) is 3.50. The molecular formula is C19H28N2O5. The topological polar surface area (TPSA) is 79.3 Å². The first-order chi connectivity index (χ1) is 12.3. The van der Waals surface area contributed by atoms with Crippen molar-refractivity contribution in [2.75, 3.05) is 18.8 Å². The number of benzene rings is 1. The number of esters is 1. The van der Waals surface area contributed by atoms with Gasteiger partial charge in [-0.15, -0.1) is 0 Å². The second-order valence-corrected chi connectivity index (χ2v) is 6.91. The zero-order valence-electron chi connectivity index (χ0n) is 16.0. The Labute approximate surface area is 154 Å². The van der Waals surface area contributed by atoms with Gasteiger partial charge in [-0.25, -0.2) is 5.06 Å². The van der Waals surface area contributed by atoms with Crippen LogP contribution >= 0.6 is 0 Å². The maximum atomic E-state index is 13.4. The van der Waals surface area contributed by atoms with Crippen LogP contribution in [0.2, 0.25) is 0 Å². The van der Waals surface area contributed by atoms with Crippen molar-refractivity contribution in [1.82, 2.24) is 4.90 Å². The summed E-state index contributed by atoms with van der Waals surface area (Å²) in [6.07, 6.45) is -0.849. The molecule has 7 nitrogen and oxygen atoms in total. The molecule has 0 aliphatic carbocycles. The van der Waals surface area contributed by atoms with Gasteiger partial charge in [0.05, 0.1) is 19.4 Å². The number of aliphatic hydroxyl groups excluding tert-OH is 1. The van der Waals surface area contributed by atoms with Crippen molar-refractivity contribution in [3.8, 4) is 0 Å². The molecule has 0 radical (unpaired) electrons.